The molecule has 7 heteroatoms. The number of anilines is 1. The van der Waals surface area contributed by atoms with Crippen molar-refractivity contribution in [2.24, 2.45) is 0 Å². The Kier molecular flexibility index (Phi) is 5.10. The monoisotopic (exact) mass is 359 g/mol. The lowest BCUT2D eigenvalue weighted by Gasteiger charge is -2.03. The van der Waals surface area contributed by atoms with Crippen LogP contribution in [0.25, 0.3) is 17.4 Å². The fourth-order valence-electron chi connectivity index (χ4n) is 2.34. The minimum Gasteiger partial charge on any atom is -0.457 e. The molecule has 0 spiro atoms. The number of carbonyl (C=O) groups excluding carboxylic acids is 1. The minimum absolute atomic E-state index is 0.0897. The number of hydrogen-bond acceptors (Lipinski definition) is 5. The zero-order valence-corrected chi connectivity index (χ0v) is 14.0. The Morgan fingerprint density at radius 3 is 2.41 bits per heavy atom. The smallest absolute Gasteiger partial charge is 0.269 e. The van der Waals surface area contributed by atoms with Crippen molar-refractivity contribution in [3.05, 3.63) is 88.2 Å². The van der Waals surface area contributed by atoms with Crippen molar-refractivity contribution in [3.63, 3.8) is 0 Å². The molecule has 0 atom stereocenters. The average Bonchev–Trinajstić information content (AvgIpc) is 3.16. The average molecular weight is 359 g/mol. The van der Waals surface area contributed by atoms with E-state index in [4.69, 9.17) is 4.42 Å². The number of nitro groups is 1. The second-order valence-electron chi connectivity index (χ2n) is 5.50. The fraction of sp³-hybridized carbons (Fsp3) is 0. The molecule has 2 aromatic carbocycles. The van der Waals surface area contributed by atoms with Gasteiger partial charge in [-0.2, -0.15) is 5.26 Å². The predicted octanol–water partition coefficient (Wildman–Crippen LogP) is 4.40. The number of amides is 1. The molecule has 0 saturated carbocycles. The Balaban J connectivity index is 1.76. The van der Waals surface area contributed by atoms with Crippen molar-refractivity contribution in [2.75, 3.05) is 5.32 Å². The van der Waals surface area contributed by atoms with Gasteiger partial charge in [0.25, 0.3) is 11.6 Å². The molecule has 1 heterocycles. The van der Waals surface area contributed by atoms with Gasteiger partial charge in [0.05, 0.1) is 4.92 Å². The van der Waals surface area contributed by atoms with Crippen molar-refractivity contribution in [2.45, 2.75) is 0 Å². The van der Waals surface area contributed by atoms with Gasteiger partial charge >= 0.3 is 0 Å². The predicted molar refractivity (Wildman–Crippen MR) is 99.5 cm³/mol. The summed E-state index contributed by atoms with van der Waals surface area (Å²) in [5.74, 6) is 0.350. The molecule has 0 aliphatic rings. The van der Waals surface area contributed by atoms with E-state index in [1.165, 1.54) is 30.3 Å². The standard InChI is InChI=1S/C20H13N3O4/c21-13-15(20(24)22-16-6-8-17(9-7-16)23(25)26)12-18-10-11-19(27-18)14-4-2-1-3-5-14/h1-12H,(H,22,24). The van der Waals surface area contributed by atoms with Gasteiger partial charge in [0.1, 0.15) is 23.2 Å². The first kappa shape index (κ1) is 17.6. The van der Waals surface area contributed by atoms with Gasteiger partial charge in [0.2, 0.25) is 0 Å². The number of nitro benzene ring substituents is 1. The number of nitrogens with one attached hydrogen (secondary N) is 1. The van der Waals surface area contributed by atoms with Crippen LogP contribution < -0.4 is 5.32 Å². The van der Waals surface area contributed by atoms with E-state index in [-0.39, 0.29) is 11.3 Å². The molecule has 0 fully saturated rings. The van der Waals surface area contributed by atoms with Crippen molar-refractivity contribution in [1.82, 2.24) is 0 Å². The number of nitriles is 1. The van der Waals surface area contributed by atoms with E-state index in [0.717, 1.165) is 5.56 Å². The molecule has 0 saturated heterocycles. The highest BCUT2D eigenvalue weighted by molar-refractivity contribution is 6.09. The van der Waals surface area contributed by atoms with E-state index in [2.05, 4.69) is 5.32 Å². The zero-order valence-electron chi connectivity index (χ0n) is 14.0. The van der Waals surface area contributed by atoms with Gasteiger partial charge in [0.15, 0.2) is 0 Å². The molecule has 0 aliphatic carbocycles. The molecule has 3 rings (SSSR count). The van der Waals surface area contributed by atoms with Crippen LogP contribution in [0.2, 0.25) is 0 Å². The molecule has 1 amide bonds. The van der Waals surface area contributed by atoms with Crippen LogP contribution in [0.3, 0.4) is 0 Å². The maximum atomic E-state index is 12.3. The van der Waals surface area contributed by atoms with Gasteiger partial charge < -0.3 is 9.73 Å². The van der Waals surface area contributed by atoms with Gasteiger partial charge in [-0.25, -0.2) is 0 Å². The van der Waals surface area contributed by atoms with Crippen LogP contribution in [0.1, 0.15) is 5.76 Å². The summed E-state index contributed by atoms with van der Waals surface area (Å²) in [4.78, 5) is 22.4. The van der Waals surface area contributed by atoms with Crippen LogP contribution in [0.15, 0.2) is 76.7 Å². The second kappa shape index (κ2) is 7.80. The summed E-state index contributed by atoms with van der Waals surface area (Å²) >= 11 is 0. The molecule has 0 aliphatic heterocycles. The van der Waals surface area contributed by atoms with Crippen LogP contribution in [0, 0.1) is 21.4 Å². The molecule has 27 heavy (non-hydrogen) atoms. The molecular weight excluding hydrogens is 346 g/mol. The van der Waals surface area contributed by atoms with E-state index in [1.54, 1.807) is 12.1 Å². The summed E-state index contributed by atoms with van der Waals surface area (Å²) in [5.41, 5.74) is 0.984. The van der Waals surface area contributed by atoms with Crippen molar-refractivity contribution in [1.29, 1.82) is 5.26 Å². The van der Waals surface area contributed by atoms with Crippen LogP contribution >= 0.6 is 0 Å². The molecule has 0 radical (unpaired) electrons. The van der Waals surface area contributed by atoms with Gasteiger partial charge in [-0.1, -0.05) is 30.3 Å². The molecule has 0 unspecified atom stereocenters. The Morgan fingerprint density at radius 1 is 1.07 bits per heavy atom. The number of furan rings is 1. The molecular formula is C20H13N3O4. The Hall–Kier alpha value is -4.18. The van der Waals surface area contributed by atoms with E-state index < -0.39 is 10.8 Å². The third kappa shape index (κ3) is 4.27. The Labute approximate surface area is 154 Å². The summed E-state index contributed by atoms with van der Waals surface area (Å²) < 4.78 is 5.66. The Bertz CT molecular complexity index is 1040. The summed E-state index contributed by atoms with van der Waals surface area (Å²) in [6.45, 7) is 0. The van der Waals surface area contributed by atoms with Crippen LogP contribution in [-0.4, -0.2) is 10.8 Å². The summed E-state index contributed by atoms with van der Waals surface area (Å²) in [6.07, 6.45) is 1.34. The lowest BCUT2D eigenvalue weighted by atomic mass is 10.2. The zero-order chi connectivity index (χ0) is 19.2. The van der Waals surface area contributed by atoms with Crippen molar-refractivity contribution in [3.8, 4) is 17.4 Å². The second-order valence-corrected chi connectivity index (χ2v) is 5.50. The summed E-state index contributed by atoms with van der Waals surface area (Å²) in [7, 11) is 0. The minimum atomic E-state index is -0.635. The molecule has 3 aromatic rings. The normalized spacial score (nSPS) is 10.9. The first-order chi connectivity index (χ1) is 13.1. The molecule has 0 bridgehead atoms. The third-order valence-electron chi connectivity index (χ3n) is 3.67. The van der Waals surface area contributed by atoms with E-state index in [1.807, 2.05) is 36.4 Å². The number of hydrogen-bond donors (Lipinski definition) is 1. The van der Waals surface area contributed by atoms with E-state index in [9.17, 15) is 20.2 Å². The number of carbonyl (C=O) groups is 1. The first-order valence-electron chi connectivity index (χ1n) is 7.89. The topological polar surface area (TPSA) is 109 Å². The molecule has 132 valence electrons. The lowest BCUT2D eigenvalue weighted by Crippen LogP contribution is -2.13. The fourth-order valence-corrected chi connectivity index (χ4v) is 2.34. The number of benzene rings is 2. The number of rotatable bonds is 5. The highest BCUT2D eigenvalue weighted by atomic mass is 16.6. The first-order valence-corrected chi connectivity index (χ1v) is 7.89. The molecule has 1 N–H and O–H groups in total. The number of non-ortho nitro benzene ring substituents is 1. The van der Waals surface area contributed by atoms with Crippen molar-refractivity contribution >= 4 is 23.4 Å². The lowest BCUT2D eigenvalue weighted by molar-refractivity contribution is -0.384. The van der Waals surface area contributed by atoms with Crippen LogP contribution in [0.4, 0.5) is 11.4 Å². The van der Waals surface area contributed by atoms with Gasteiger partial charge in [-0.05, 0) is 24.3 Å². The number of nitrogens with zero attached hydrogens (tertiary/aromatic N) is 2. The molecule has 7 nitrogen and oxygen atoms in total. The largest absolute Gasteiger partial charge is 0.457 e. The van der Waals surface area contributed by atoms with Crippen LogP contribution in [0.5, 0.6) is 0 Å². The Morgan fingerprint density at radius 2 is 1.78 bits per heavy atom. The highest BCUT2D eigenvalue weighted by Crippen LogP contribution is 2.23. The highest BCUT2D eigenvalue weighted by Gasteiger charge is 2.12. The molecule has 1 aromatic heterocycles. The van der Waals surface area contributed by atoms with Gasteiger partial charge in [-0.3, -0.25) is 14.9 Å². The van der Waals surface area contributed by atoms with Gasteiger partial charge in [-0.15, -0.1) is 0 Å². The maximum absolute atomic E-state index is 12.3. The maximum Gasteiger partial charge on any atom is 0.269 e. The van der Waals surface area contributed by atoms with Crippen molar-refractivity contribution < 1.29 is 14.1 Å². The summed E-state index contributed by atoms with van der Waals surface area (Å²) in [5, 5.41) is 22.4. The van der Waals surface area contributed by atoms with Crippen LogP contribution in [-0.2, 0) is 4.79 Å². The van der Waals surface area contributed by atoms with E-state index in [0.29, 0.717) is 17.2 Å². The SMILES string of the molecule is N#CC(=Cc1ccc(-c2ccccc2)o1)C(=O)Nc1ccc([N+](=O)[O-])cc1. The van der Waals surface area contributed by atoms with E-state index >= 15 is 0 Å². The van der Waals surface area contributed by atoms with Gasteiger partial charge in [0, 0.05) is 29.5 Å². The third-order valence-corrected chi connectivity index (χ3v) is 3.67. The quantitative estimate of drug-likeness (QED) is 0.314. The summed E-state index contributed by atoms with van der Waals surface area (Å²) in [6, 6.07) is 20.0.